The van der Waals surface area contributed by atoms with Crippen LogP contribution in [0.5, 0.6) is 0 Å². The molecule has 1 aromatic rings. The Balaban J connectivity index is 2.76. The molecule has 0 bridgehead atoms. The first-order chi connectivity index (χ1) is 11.0. The topological polar surface area (TPSA) is 60.8 Å². The molecule has 0 radical (unpaired) electrons. The molecule has 2 N–H and O–H groups in total. The van der Waals surface area contributed by atoms with Crippen LogP contribution in [0.25, 0.3) is 0 Å². The Morgan fingerprint density at radius 2 is 1.74 bits per heavy atom. The molecule has 0 saturated heterocycles. The molecule has 1 heterocycles. The van der Waals surface area contributed by atoms with Crippen LogP contribution >= 0.6 is 0 Å². The monoisotopic (exact) mass is 311 g/mol. The number of carbonyl (C=O) groups is 1. The van der Waals surface area contributed by atoms with Crippen molar-refractivity contribution < 1.29 is 14.8 Å². The maximum Gasteiger partial charge on any atom is 0.465 e. The van der Waals surface area contributed by atoms with Crippen molar-refractivity contribution in [2.75, 3.05) is 11.4 Å². The third-order valence-electron chi connectivity index (χ3n) is 4.49. The van der Waals surface area contributed by atoms with E-state index in [4.69, 9.17) is 0 Å². The molecule has 1 aliphatic rings. The number of benzene rings is 1. The lowest BCUT2D eigenvalue weighted by Gasteiger charge is -2.47. The summed E-state index contributed by atoms with van der Waals surface area (Å²) in [5.41, 5.74) is 0.917. The summed E-state index contributed by atoms with van der Waals surface area (Å²) in [7, 11) is -1.76. The van der Waals surface area contributed by atoms with E-state index in [2.05, 4.69) is 19.7 Å². The van der Waals surface area contributed by atoms with Crippen LogP contribution in [0.3, 0.4) is 0 Å². The van der Waals surface area contributed by atoms with Gasteiger partial charge in [-0.2, -0.15) is 0 Å². The predicted octanol–water partition coefficient (Wildman–Crippen LogP) is 2.45. The Bertz CT molecular complexity index is 616. The lowest BCUT2D eigenvalue weighted by Crippen LogP contribution is -2.54. The van der Waals surface area contributed by atoms with E-state index >= 15 is 0 Å². The normalized spacial score (nSPS) is 19.0. The van der Waals surface area contributed by atoms with Gasteiger partial charge in [-0.3, -0.25) is 4.79 Å². The number of rotatable bonds is 7. The molecule has 2 rings (SSSR count). The highest BCUT2D eigenvalue weighted by Crippen LogP contribution is 2.52. The molecule has 1 unspecified atom stereocenters. The fourth-order valence-electron chi connectivity index (χ4n) is 3.62. The number of para-hydroxylation sites is 1. The molecule has 23 heavy (non-hydrogen) atoms. The van der Waals surface area contributed by atoms with Crippen LogP contribution in [0.1, 0.15) is 18.4 Å². The van der Waals surface area contributed by atoms with Gasteiger partial charge in [0.15, 0.2) is 0 Å². The van der Waals surface area contributed by atoms with Gasteiger partial charge in [-0.15, -0.1) is 19.7 Å². The number of fused-ring (bicyclic) bond motifs is 1. The second-order valence-corrected chi connectivity index (χ2v) is 5.79. The van der Waals surface area contributed by atoms with Crippen molar-refractivity contribution in [3.05, 3.63) is 67.8 Å². The van der Waals surface area contributed by atoms with Gasteiger partial charge in [-0.1, -0.05) is 36.4 Å². The van der Waals surface area contributed by atoms with E-state index < -0.39 is 18.4 Å². The van der Waals surface area contributed by atoms with Gasteiger partial charge in [0.2, 0.25) is 5.91 Å². The first kappa shape index (κ1) is 17.3. The van der Waals surface area contributed by atoms with Crippen LogP contribution in [0.2, 0.25) is 5.82 Å². The van der Waals surface area contributed by atoms with E-state index in [9.17, 15) is 14.8 Å². The third-order valence-corrected chi connectivity index (χ3v) is 4.49. The van der Waals surface area contributed by atoms with Crippen LogP contribution < -0.4 is 4.90 Å². The van der Waals surface area contributed by atoms with Gasteiger partial charge in [0.05, 0.1) is 5.82 Å². The van der Waals surface area contributed by atoms with Crippen molar-refractivity contribution in [1.29, 1.82) is 0 Å². The van der Waals surface area contributed by atoms with E-state index in [1.165, 1.54) is 0 Å². The molecule has 0 aliphatic carbocycles. The van der Waals surface area contributed by atoms with Crippen molar-refractivity contribution in [3.8, 4) is 0 Å². The van der Waals surface area contributed by atoms with Crippen LogP contribution in [0.4, 0.5) is 5.69 Å². The predicted molar refractivity (Wildman–Crippen MR) is 94.2 cm³/mol. The summed E-state index contributed by atoms with van der Waals surface area (Å²) in [6.07, 6.45) is 5.96. The number of carbonyl (C=O) groups excluding carboxylic acids is 1. The Morgan fingerprint density at radius 3 is 2.26 bits per heavy atom. The van der Waals surface area contributed by atoms with E-state index in [-0.39, 0.29) is 5.91 Å². The lowest BCUT2D eigenvalue weighted by molar-refractivity contribution is -0.120. The molecule has 0 fully saturated rings. The van der Waals surface area contributed by atoms with E-state index in [0.717, 1.165) is 11.3 Å². The average molecular weight is 311 g/mol. The third kappa shape index (κ3) is 2.78. The molecule has 1 atom stereocenters. The quantitative estimate of drug-likeness (QED) is 0.601. The minimum atomic E-state index is -1.76. The van der Waals surface area contributed by atoms with Crippen molar-refractivity contribution in [2.45, 2.75) is 24.1 Å². The van der Waals surface area contributed by atoms with Crippen molar-refractivity contribution in [2.24, 2.45) is 0 Å². The highest BCUT2D eigenvalue weighted by atomic mass is 16.4. The van der Waals surface area contributed by atoms with Crippen LogP contribution in [0.15, 0.2) is 62.2 Å². The van der Waals surface area contributed by atoms with Gasteiger partial charge < -0.3 is 14.9 Å². The van der Waals surface area contributed by atoms with Crippen LogP contribution in [-0.2, 0) is 10.2 Å². The second-order valence-electron chi connectivity index (χ2n) is 5.79. The smallest absolute Gasteiger partial charge is 0.427 e. The fraction of sp³-hybridized carbons (Fsp3) is 0.278. The number of amides is 1. The van der Waals surface area contributed by atoms with Crippen LogP contribution in [-0.4, -0.2) is 29.6 Å². The van der Waals surface area contributed by atoms with Gasteiger partial charge in [-0.25, -0.2) is 0 Å². The molecule has 4 nitrogen and oxygen atoms in total. The zero-order chi connectivity index (χ0) is 17.0. The molecule has 0 aromatic heterocycles. The molecular weight excluding hydrogens is 289 g/mol. The summed E-state index contributed by atoms with van der Waals surface area (Å²) < 4.78 is 0. The largest absolute Gasteiger partial charge is 0.465 e. The standard InChI is InChI=1S/C18H22BNO3/c1-4-11-18(12-5-2)14-9-7-8-10-15(14)20(13-6-3)17(21)16(18)19(22)23/h4-10,16,22-23H,1-3,11-13H2. The summed E-state index contributed by atoms with van der Waals surface area (Å²) in [5.74, 6) is -1.30. The summed E-state index contributed by atoms with van der Waals surface area (Å²) in [6.45, 7) is 11.6. The Hall–Kier alpha value is -2.11. The molecule has 5 heteroatoms. The SMILES string of the molecule is C=CCN1C(=O)C(B(O)O)C(CC=C)(CC=C)c2ccccc21. The molecule has 1 amide bonds. The number of anilines is 1. The Morgan fingerprint density at radius 1 is 1.13 bits per heavy atom. The van der Waals surface area contributed by atoms with Crippen LogP contribution in [0, 0.1) is 0 Å². The lowest BCUT2D eigenvalue weighted by atomic mass is 9.50. The van der Waals surface area contributed by atoms with Crippen molar-refractivity contribution >= 4 is 18.7 Å². The maximum atomic E-state index is 13.0. The fourth-order valence-corrected chi connectivity index (χ4v) is 3.62. The minimum Gasteiger partial charge on any atom is -0.427 e. The molecule has 120 valence electrons. The summed E-state index contributed by atoms with van der Waals surface area (Å²) in [5, 5.41) is 19.9. The Kier molecular flexibility index (Phi) is 5.24. The molecule has 0 spiro atoms. The van der Waals surface area contributed by atoms with Gasteiger partial charge in [0.1, 0.15) is 0 Å². The molecule has 0 saturated carbocycles. The van der Waals surface area contributed by atoms with Gasteiger partial charge in [0.25, 0.3) is 0 Å². The number of hydrogen-bond acceptors (Lipinski definition) is 3. The first-order valence-corrected chi connectivity index (χ1v) is 7.63. The molecule has 1 aliphatic heterocycles. The number of allylic oxidation sites excluding steroid dienone is 2. The van der Waals surface area contributed by atoms with Gasteiger partial charge in [-0.05, 0) is 24.5 Å². The summed E-state index contributed by atoms with van der Waals surface area (Å²) in [4.78, 5) is 14.5. The van der Waals surface area contributed by atoms with E-state index in [1.807, 2.05) is 24.3 Å². The van der Waals surface area contributed by atoms with Crippen molar-refractivity contribution in [3.63, 3.8) is 0 Å². The van der Waals surface area contributed by atoms with E-state index in [1.54, 1.807) is 23.1 Å². The van der Waals surface area contributed by atoms with Crippen molar-refractivity contribution in [1.82, 2.24) is 0 Å². The highest BCUT2D eigenvalue weighted by Gasteiger charge is 2.54. The zero-order valence-electron chi connectivity index (χ0n) is 13.2. The minimum absolute atomic E-state index is 0.317. The number of nitrogens with zero attached hydrogens (tertiary/aromatic N) is 1. The maximum absolute atomic E-state index is 13.0. The summed E-state index contributed by atoms with van der Waals surface area (Å²) >= 11 is 0. The molecule has 1 aromatic carbocycles. The first-order valence-electron chi connectivity index (χ1n) is 7.63. The molecular formula is C18H22BNO3. The highest BCUT2D eigenvalue weighted by molar-refractivity contribution is 6.51. The Labute approximate surface area is 137 Å². The average Bonchev–Trinajstić information content (AvgIpc) is 2.52. The zero-order valence-corrected chi connectivity index (χ0v) is 13.2. The second kappa shape index (κ2) is 6.98. The van der Waals surface area contributed by atoms with E-state index in [0.29, 0.717) is 19.4 Å². The van der Waals surface area contributed by atoms with Gasteiger partial charge >= 0.3 is 7.12 Å². The van der Waals surface area contributed by atoms with Gasteiger partial charge in [0, 0.05) is 17.6 Å². The number of hydrogen-bond donors (Lipinski definition) is 2. The summed E-state index contributed by atoms with van der Waals surface area (Å²) in [6, 6.07) is 7.56.